The van der Waals surface area contributed by atoms with Crippen molar-refractivity contribution < 1.29 is 13.5 Å². The van der Waals surface area contributed by atoms with E-state index in [0.29, 0.717) is 25.8 Å². The third-order valence-electron chi connectivity index (χ3n) is 3.30. The van der Waals surface area contributed by atoms with Gasteiger partial charge in [0, 0.05) is 19.5 Å². The van der Waals surface area contributed by atoms with Crippen LogP contribution in [0, 0.1) is 0 Å². The van der Waals surface area contributed by atoms with E-state index in [1.807, 2.05) is 0 Å². The summed E-state index contributed by atoms with van der Waals surface area (Å²) >= 11 is 0. The highest BCUT2D eigenvalue weighted by Crippen LogP contribution is 2.26. The molecule has 18 heavy (non-hydrogen) atoms. The average molecular weight is 307 g/mol. The third kappa shape index (κ3) is 5.97. The second kappa shape index (κ2) is 8.48. The summed E-state index contributed by atoms with van der Waals surface area (Å²) in [6, 6.07) is 0. The van der Waals surface area contributed by atoms with Crippen LogP contribution in [-0.4, -0.2) is 56.3 Å². The van der Waals surface area contributed by atoms with Gasteiger partial charge in [0.05, 0.1) is 19.3 Å². The molecule has 0 aromatic rings. The van der Waals surface area contributed by atoms with Crippen LogP contribution in [-0.2, 0) is 4.74 Å². The van der Waals surface area contributed by atoms with Crippen molar-refractivity contribution >= 4 is 24.8 Å². The molecule has 2 rings (SSSR count). The number of hydrogen-bond donors (Lipinski definition) is 1. The highest BCUT2D eigenvalue weighted by atomic mass is 35.5. The van der Waals surface area contributed by atoms with Crippen LogP contribution in [0.15, 0.2) is 0 Å². The van der Waals surface area contributed by atoms with E-state index in [0.717, 1.165) is 25.9 Å². The number of halogens is 4. The first-order valence-electron chi connectivity index (χ1n) is 6.08. The molecule has 2 fully saturated rings. The lowest BCUT2D eigenvalue weighted by Gasteiger charge is -2.24. The van der Waals surface area contributed by atoms with E-state index in [4.69, 9.17) is 4.74 Å². The van der Waals surface area contributed by atoms with Crippen molar-refractivity contribution in [1.82, 2.24) is 10.2 Å². The molecule has 0 spiro atoms. The number of ether oxygens (including phenoxy) is 1. The Morgan fingerprint density at radius 3 is 2.44 bits per heavy atom. The Labute approximate surface area is 119 Å². The van der Waals surface area contributed by atoms with Crippen LogP contribution in [0.25, 0.3) is 0 Å². The van der Waals surface area contributed by atoms with Gasteiger partial charge < -0.3 is 10.1 Å². The average Bonchev–Trinajstić information content (AvgIpc) is 2.60. The minimum absolute atomic E-state index is 0. The van der Waals surface area contributed by atoms with Crippen LogP contribution in [0.2, 0.25) is 0 Å². The van der Waals surface area contributed by atoms with Crippen LogP contribution in [0.1, 0.15) is 19.3 Å². The summed E-state index contributed by atoms with van der Waals surface area (Å²) in [5.41, 5.74) is 0. The standard InChI is InChI=1S/C11H20F2N2O.2ClH/c12-11(13)3-6-15(9-11)7-8-16-10-1-4-14-5-2-10;;/h10,14H,1-9H2;2*1H. The zero-order chi connectivity index (χ0) is 11.4. The van der Waals surface area contributed by atoms with Gasteiger partial charge in [-0.25, -0.2) is 8.78 Å². The van der Waals surface area contributed by atoms with Crippen molar-refractivity contribution in [1.29, 1.82) is 0 Å². The monoisotopic (exact) mass is 306 g/mol. The second-order valence-electron chi connectivity index (χ2n) is 4.70. The molecule has 7 heteroatoms. The van der Waals surface area contributed by atoms with Crippen LogP contribution in [0.3, 0.4) is 0 Å². The highest BCUT2D eigenvalue weighted by molar-refractivity contribution is 5.85. The molecule has 0 aromatic heterocycles. The van der Waals surface area contributed by atoms with Crippen molar-refractivity contribution in [2.45, 2.75) is 31.3 Å². The molecule has 0 bridgehead atoms. The van der Waals surface area contributed by atoms with Crippen LogP contribution in [0.5, 0.6) is 0 Å². The third-order valence-corrected chi connectivity index (χ3v) is 3.30. The Morgan fingerprint density at radius 1 is 1.22 bits per heavy atom. The molecule has 0 radical (unpaired) electrons. The Kier molecular flexibility index (Phi) is 8.63. The summed E-state index contributed by atoms with van der Waals surface area (Å²) in [6.45, 7) is 3.64. The molecule has 110 valence electrons. The first-order valence-corrected chi connectivity index (χ1v) is 6.08. The first kappa shape index (κ1) is 18.3. The molecule has 0 amide bonds. The van der Waals surface area contributed by atoms with Gasteiger partial charge in [-0.3, -0.25) is 4.90 Å². The molecular weight excluding hydrogens is 285 g/mol. The number of piperidine rings is 1. The second-order valence-corrected chi connectivity index (χ2v) is 4.70. The minimum atomic E-state index is -2.48. The predicted molar refractivity (Wildman–Crippen MR) is 72.3 cm³/mol. The van der Waals surface area contributed by atoms with E-state index >= 15 is 0 Å². The summed E-state index contributed by atoms with van der Waals surface area (Å²) in [5, 5.41) is 3.27. The van der Waals surface area contributed by atoms with Crippen molar-refractivity contribution in [3.8, 4) is 0 Å². The molecule has 0 saturated carbocycles. The van der Waals surface area contributed by atoms with Crippen LogP contribution in [0.4, 0.5) is 8.78 Å². The van der Waals surface area contributed by atoms with Crippen LogP contribution >= 0.6 is 24.8 Å². The summed E-state index contributed by atoms with van der Waals surface area (Å²) in [5.74, 6) is -2.48. The summed E-state index contributed by atoms with van der Waals surface area (Å²) in [4.78, 5) is 1.79. The van der Waals surface area contributed by atoms with E-state index in [1.165, 1.54) is 0 Å². The minimum Gasteiger partial charge on any atom is -0.377 e. The van der Waals surface area contributed by atoms with E-state index in [-0.39, 0.29) is 37.8 Å². The number of nitrogens with zero attached hydrogens (tertiary/aromatic N) is 1. The quantitative estimate of drug-likeness (QED) is 0.859. The van der Waals surface area contributed by atoms with Gasteiger partial charge in [-0.1, -0.05) is 0 Å². The van der Waals surface area contributed by atoms with Gasteiger partial charge in [0.25, 0.3) is 5.92 Å². The molecule has 0 atom stereocenters. The molecule has 2 aliphatic heterocycles. The van der Waals surface area contributed by atoms with Gasteiger partial charge in [0.1, 0.15) is 0 Å². The Morgan fingerprint density at radius 2 is 1.89 bits per heavy atom. The molecule has 2 aliphatic rings. The highest BCUT2D eigenvalue weighted by Gasteiger charge is 2.37. The number of rotatable bonds is 4. The van der Waals surface area contributed by atoms with Crippen LogP contribution < -0.4 is 5.32 Å². The van der Waals surface area contributed by atoms with Gasteiger partial charge >= 0.3 is 0 Å². The Balaban J connectivity index is 0.00000144. The molecule has 3 nitrogen and oxygen atoms in total. The molecule has 0 aliphatic carbocycles. The first-order chi connectivity index (χ1) is 7.66. The van der Waals surface area contributed by atoms with Crippen molar-refractivity contribution in [2.24, 2.45) is 0 Å². The molecule has 1 N–H and O–H groups in total. The Hall–Kier alpha value is 0.320. The summed E-state index contributed by atoms with van der Waals surface area (Å²) < 4.78 is 31.5. The van der Waals surface area contributed by atoms with E-state index < -0.39 is 5.92 Å². The maximum absolute atomic E-state index is 12.9. The molecule has 0 unspecified atom stereocenters. The fourth-order valence-corrected chi connectivity index (χ4v) is 2.31. The molecule has 2 heterocycles. The van der Waals surface area contributed by atoms with Gasteiger partial charge in [-0.2, -0.15) is 0 Å². The lowest BCUT2D eigenvalue weighted by Crippen LogP contribution is -2.35. The molecular formula is C11H22Cl2F2N2O. The molecule has 0 aromatic carbocycles. The van der Waals surface area contributed by atoms with E-state index in [1.54, 1.807) is 4.90 Å². The maximum Gasteiger partial charge on any atom is 0.261 e. The SMILES string of the molecule is Cl.Cl.FC1(F)CCN(CCOC2CCNCC2)C1. The largest absolute Gasteiger partial charge is 0.377 e. The van der Waals surface area contributed by atoms with Gasteiger partial charge in [0.2, 0.25) is 0 Å². The number of alkyl halides is 2. The Bertz CT molecular complexity index is 229. The number of nitrogens with one attached hydrogen (secondary N) is 1. The summed E-state index contributed by atoms with van der Waals surface area (Å²) in [7, 11) is 0. The maximum atomic E-state index is 12.9. The zero-order valence-electron chi connectivity index (χ0n) is 10.4. The number of likely N-dealkylation sites (tertiary alicyclic amines) is 1. The lowest BCUT2D eigenvalue weighted by atomic mass is 10.1. The van der Waals surface area contributed by atoms with E-state index in [9.17, 15) is 8.78 Å². The smallest absolute Gasteiger partial charge is 0.261 e. The lowest BCUT2D eigenvalue weighted by molar-refractivity contribution is -0.000648. The fourth-order valence-electron chi connectivity index (χ4n) is 2.31. The van der Waals surface area contributed by atoms with Gasteiger partial charge in [-0.05, 0) is 25.9 Å². The van der Waals surface area contributed by atoms with E-state index in [2.05, 4.69) is 5.32 Å². The zero-order valence-corrected chi connectivity index (χ0v) is 12.0. The topological polar surface area (TPSA) is 24.5 Å². The predicted octanol–water partition coefficient (Wildman–Crippen LogP) is 1.94. The van der Waals surface area contributed by atoms with Crippen molar-refractivity contribution in [3.63, 3.8) is 0 Å². The fraction of sp³-hybridized carbons (Fsp3) is 1.00. The summed E-state index contributed by atoms with van der Waals surface area (Å²) in [6.07, 6.45) is 2.40. The normalized spacial score (nSPS) is 24.3. The van der Waals surface area contributed by atoms with Gasteiger partial charge in [-0.15, -0.1) is 24.8 Å². The van der Waals surface area contributed by atoms with Crippen molar-refractivity contribution in [3.05, 3.63) is 0 Å². The van der Waals surface area contributed by atoms with Gasteiger partial charge in [0.15, 0.2) is 0 Å². The van der Waals surface area contributed by atoms with Crippen molar-refractivity contribution in [2.75, 3.05) is 39.3 Å². The molecule has 2 saturated heterocycles. The number of hydrogen-bond acceptors (Lipinski definition) is 3.